The molecule has 0 aromatic heterocycles. The molecule has 0 aliphatic rings. The summed E-state index contributed by atoms with van der Waals surface area (Å²) in [5, 5.41) is 2.23. The Morgan fingerprint density at radius 1 is 1.20 bits per heavy atom. The van der Waals surface area contributed by atoms with Crippen molar-refractivity contribution in [1.29, 1.82) is 0 Å². The van der Waals surface area contributed by atoms with Gasteiger partial charge >= 0.3 is 0 Å². The maximum Gasteiger partial charge on any atom is 0.262 e. The summed E-state index contributed by atoms with van der Waals surface area (Å²) >= 11 is 5.59. The average Bonchev–Trinajstić information content (AvgIpc) is 2.42. The van der Waals surface area contributed by atoms with Crippen molar-refractivity contribution in [3.63, 3.8) is 0 Å². The lowest BCUT2D eigenvalue weighted by atomic mass is 10.3. The molecule has 0 fully saturated rings. The molecular formula is C14H10ClF2NO2. The van der Waals surface area contributed by atoms with E-state index in [-0.39, 0.29) is 23.1 Å². The van der Waals surface area contributed by atoms with E-state index in [1.165, 1.54) is 36.4 Å². The van der Waals surface area contributed by atoms with Gasteiger partial charge in [-0.2, -0.15) is 0 Å². The first-order valence-electron chi connectivity index (χ1n) is 5.68. The van der Waals surface area contributed by atoms with Crippen molar-refractivity contribution in [2.45, 2.75) is 0 Å². The van der Waals surface area contributed by atoms with Crippen molar-refractivity contribution < 1.29 is 18.3 Å². The van der Waals surface area contributed by atoms with E-state index >= 15 is 0 Å². The van der Waals surface area contributed by atoms with Crippen LogP contribution in [0, 0.1) is 11.6 Å². The standard InChI is InChI=1S/C14H10ClF2NO2/c15-11-5-2-6-12(14(11)17)18-13(19)8-20-10-4-1-3-9(16)7-10/h1-7H,8H2,(H,18,19). The van der Waals surface area contributed by atoms with E-state index in [4.69, 9.17) is 16.3 Å². The number of anilines is 1. The van der Waals surface area contributed by atoms with Crippen LogP contribution in [-0.2, 0) is 4.79 Å². The van der Waals surface area contributed by atoms with E-state index in [0.29, 0.717) is 0 Å². The molecule has 1 amide bonds. The molecule has 0 unspecified atom stereocenters. The van der Waals surface area contributed by atoms with Gasteiger partial charge in [0.15, 0.2) is 12.4 Å². The van der Waals surface area contributed by atoms with Crippen LogP contribution in [0.4, 0.5) is 14.5 Å². The lowest BCUT2D eigenvalue weighted by Gasteiger charge is -2.08. The zero-order valence-corrected chi connectivity index (χ0v) is 11.0. The van der Waals surface area contributed by atoms with E-state index in [1.54, 1.807) is 0 Å². The number of nitrogens with one attached hydrogen (secondary N) is 1. The van der Waals surface area contributed by atoms with Crippen molar-refractivity contribution in [3.05, 3.63) is 59.1 Å². The Morgan fingerprint density at radius 2 is 1.95 bits per heavy atom. The molecule has 0 saturated heterocycles. The maximum atomic E-state index is 13.5. The van der Waals surface area contributed by atoms with Gasteiger partial charge in [0.2, 0.25) is 0 Å². The number of benzene rings is 2. The largest absolute Gasteiger partial charge is 0.484 e. The minimum Gasteiger partial charge on any atom is -0.484 e. The molecule has 0 aliphatic carbocycles. The molecule has 1 N–H and O–H groups in total. The number of carbonyl (C=O) groups excluding carboxylic acids is 1. The zero-order valence-electron chi connectivity index (χ0n) is 10.2. The fraction of sp³-hybridized carbons (Fsp3) is 0.0714. The van der Waals surface area contributed by atoms with E-state index < -0.39 is 17.5 Å². The quantitative estimate of drug-likeness (QED) is 0.936. The predicted octanol–water partition coefficient (Wildman–Crippen LogP) is 3.64. The van der Waals surface area contributed by atoms with Gasteiger partial charge < -0.3 is 10.1 Å². The van der Waals surface area contributed by atoms with Gasteiger partial charge in [0.1, 0.15) is 11.6 Å². The van der Waals surface area contributed by atoms with Gasteiger partial charge in [-0.1, -0.05) is 23.7 Å². The Kier molecular flexibility index (Phi) is 4.53. The second-order valence-electron chi connectivity index (χ2n) is 3.90. The Labute approximate surface area is 119 Å². The fourth-order valence-corrected chi connectivity index (χ4v) is 1.67. The molecule has 0 spiro atoms. The summed E-state index contributed by atoms with van der Waals surface area (Å²) in [6.45, 7) is -0.366. The molecule has 0 saturated carbocycles. The number of hydrogen-bond acceptors (Lipinski definition) is 2. The Bertz CT molecular complexity index is 634. The average molecular weight is 298 g/mol. The summed E-state index contributed by atoms with van der Waals surface area (Å²) in [4.78, 5) is 11.6. The van der Waals surface area contributed by atoms with E-state index in [1.807, 2.05) is 0 Å². The normalized spacial score (nSPS) is 10.2. The molecule has 20 heavy (non-hydrogen) atoms. The Balaban J connectivity index is 1.94. The van der Waals surface area contributed by atoms with E-state index in [9.17, 15) is 13.6 Å². The maximum absolute atomic E-state index is 13.5. The van der Waals surface area contributed by atoms with Gasteiger partial charge in [-0.15, -0.1) is 0 Å². The molecule has 3 nitrogen and oxygen atoms in total. The molecule has 2 rings (SSSR count). The van der Waals surface area contributed by atoms with Crippen LogP contribution < -0.4 is 10.1 Å². The predicted molar refractivity (Wildman–Crippen MR) is 71.9 cm³/mol. The van der Waals surface area contributed by atoms with Crippen LogP contribution in [0.2, 0.25) is 5.02 Å². The minimum absolute atomic E-state index is 0.0367. The first-order valence-corrected chi connectivity index (χ1v) is 6.06. The van der Waals surface area contributed by atoms with Crippen molar-refractivity contribution in [3.8, 4) is 5.75 Å². The first kappa shape index (κ1) is 14.3. The smallest absolute Gasteiger partial charge is 0.262 e. The van der Waals surface area contributed by atoms with Crippen LogP contribution in [-0.4, -0.2) is 12.5 Å². The summed E-state index contributed by atoms with van der Waals surface area (Å²) < 4.78 is 31.5. The fourth-order valence-electron chi connectivity index (χ4n) is 1.49. The molecule has 0 radical (unpaired) electrons. The third-order valence-corrected chi connectivity index (χ3v) is 2.68. The van der Waals surface area contributed by atoms with Gasteiger partial charge in [-0.05, 0) is 24.3 Å². The van der Waals surface area contributed by atoms with Crippen LogP contribution in [0.25, 0.3) is 0 Å². The van der Waals surface area contributed by atoms with Crippen molar-refractivity contribution in [2.24, 2.45) is 0 Å². The van der Waals surface area contributed by atoms with Crippen LogP contribution in [0.1, 0.15) is 0 Å². The number of carbonyl (C=O) groups is 1. The second kappa shape index (κ2) is 6.34. The monoisotopic (exact) mass is 297 g/mol. The number of rotatable bonds is 4. The van der Waals surface area contributed by atoms with Crippen molar-refractivity contribution >= 4 is 23.2 Å². The summed E-state index contributed by atoms with van der Waals surface area (Å²) in [5.74, 6) is -1.54. The summed E-state index contributed by atoms with van der Waals surface area (Å²) in [7, 11) is 0. The Hall–Kier alpha value is -2.14. The molecule has 6 heteroatoms. The van der Waals surface area contributed by atoms with E-state index in [0.717, 1.165) is 6.07 Å². The third kappa shape index (κ3) is 3.68. The van der Waals surface area contributed by atoms with Crippen LogP contribution in [0.5, 0.6) is 5.75 Å². The third-order valence-electron chi connectivity index (χ3n) is 2.39. The van der Waals surface area contributed by atoms with Crippen LogP contribution in [0.3, 0.4) is 0 Å². The first-order chi connectivity index (χ1) is 9.56. The van der Waals surface area contributed by atoms with Gasteiger partial charge in [0.05, 0.1) is 10.7 Å². The number of ether oxygens (including phenoxy) is 1. The molecule has 0 bridgehead atoms. The molecule has 0 aliphatic heterocycles. The second-order valence-corrected chi connectivity index (χ2v) is 4.30. The van der Waals surface area contributed by atoms with Crippen molar-refractivity contribution in [2.75, 3.05) is 11.9 Å². The number of halogens is 3. The zero-order chi connectivity index (χ0) is 14.5. The lowest BCUT2D eigenvalue weighted by Crippen LogP contribution is -2.20. The molecule has 0 heterocycles. The topological polar surface area (TPSA) is 38.3 Å². The van der Waals surface area contributed by atoms with Gasteiger partial charge in [-0.3, -0.25) is 4.79 Å². The van der Waals surface area contributed by atoms with Gasteiger partial charge in [0.25, 0.3) is 5.91 Å². The van der Waals surface area contributed by atoms with Crippen LogP contribution in [0.15, 0.2) is 42.5 Å². The summed E-state index contributed by atoms with van der Waals surface area (Å²) in [5.41, 5.74) is -0.0367. The summed E-state index contributed by atoms with van der Waals surface area (Å²) in [6.07, 6.45) is 0. The highest BCUT2D eigenvalue weighted by Crippen LogP contribution is 2.21. The number of hydrogen-bond donors (Lipinski definition) is 1. The minimum atomic E-state index is -0.715. The molecular weight excluding hydrogens is 288 g/mol. The molecule has 2 aromatic carbocycles. The summed E-state index contributed by atoms with van der Waals surface area (Å²) in [6, 6.07) is 9.63. The molecule has 2 aromatic rings. The highest BCUT2D eigenvalue weighted by molar-refractivity contribution is 6.31. The molecule has 0 atom stereocenters. The SMILES string of the molecule is O=C(COc1cccc(F)c1)Nc1cccc(Cl)c1F. The highest BCUT2D eigenvalue weighted by Gasteiger charge is 2.10. The lowest BCUT2D eigenvalue weighted by molar-refractivity contribution is -0.118. The molecule has 104 valence electrons. The number of amides is 1. The van der Waals surface area contributed by atoms with Crippen LogP contribution >= 0.6 is 11.6 Å². The van der Waals surface area contributed by atoms with E-state index in [2.05, 4.69) is 5.32 Å². The Morgan fingerprint density at radius 3 is 2.70 bits per heavy atom. The highest BCUT2D eigenvalue weighted by atomic mass is 35.5. The van der Waals surface area contributed by atoms with Crippen molar-refractivity contribution in [1.82, 2.24) is 0 Å². The van der Waals surface area contributed by atoms with Gasteiger partial charge in [0, 0.05) is 6.07 Å². The van der Waals surface area contributed by atoms with Gasteiger partial charge in [-0.25, -0.2) is 8.78 Å².